The SMILES string of the molecule is CC[C@H]([NH2+]CC(=O)Nc1ccnn1C1CCCC1)c1ccc(Br)cc1. The van der Waals surface area contributed by atoms with Gasteiger partial charge in [0, 0.05) is 22.5 Å². The molecule has 1 aliphatic rings. The average Bonchev–Trinajstić information content (AvgIpc) is 3.28. The van der Waals surface area contributed by atoms with Crippen molar-refractivity contribution in [3.63, 3.8) is 0 Å². The lowest BCUT2D eigenvalue weighted by Crippen LogP contribution is -2.87. The van der Waals surface area contributed by atoms with Gasteiger partial charge in [-0.3, -0.25) is 4.79 Å². The Morgan fingerprint density at radius 1 is 1.32 bits per heavy atom. The molecular formula is C19H26BrN4O+. The van der Waals surface area contributed by atoms with Crippen LogP contribution in [0.25, 0.3) is 0 Å². The van der Waals surface area contributed by atoms with E-state index in [1.54, 1.807) is 6.20 Å². The number of amides is 1. The van der Waals surface area contributed by atoms with Crippen molar-refractivity contribution in [3.05, 3.63) is 46.6 Å². The van der Waals surface area contributed by atoms with E-state index >= 15 is 0 Å². The number of halogens is 1. The summed E-state index contributed by atoms with van der Waals surface area (Å²) < 4.78 is 3.06. The van der Waals surface area contributed by atoms with Crippen LogP contribution in [0.1, 0.15) is 56.7 Å². The summed E-state index contributed by atoms with van der Waals surface area (Å²) in [6.07, 6.45) is 7.55. The predicted molar refractivity (Wildman–Crippen MR) is 102 cm³/mol. The molecule has 134 valence electrons. The number of carbonyl (C=O) groups excluding carboxylic acids is 1. The molecule has 25 heavy (non-hydrogen) atoms. The van der Waals surface area contributed by atoms with Crippen molar-refractivity contribution in [1.29, 1.82) is 0 Å². The molecule has 0 saturated heterocycles. The Labute approximate surface area is 157 Å². The normalized spacial score (nSPS) is 16.1. The number of benzene rings is 1. The summed E-state index contributed by atoms with van der Waals surface area (Å²) in [6, 6.07) is 10.9. The van der Waals surface area contributed by atoms with Gasteiger partial charge in [0.2, 0.25) is 0 Å². The second-order valence-electron chi connectivity index (χ2n) is 6.65. The van der Waals surface area contributed by atoms with Crippen molar-refractivity contribution >= 4 is 27.7 Å². The van der Waals surface area contributed by atoms with E-state index in [0.717, 1.165) is 29.6 Å². The van der Waals surface area contributed by atoms with Crippen LogP contribution >= 0.6 is 15.9 Å². The summed E-state index contributed by atoms with van der Waals surface area (Å²) in [5.41, 5.74) is 1.24. The summed E-state index contributed by atoms with van der Waals surface area (Å²) >= 11 is 3.46. The molecule has 0 unspecified atom stereocenters. The number of aromatic nitrogens is 2. The van der Waals surface area contributed by atoms with Crippen molar-refractivity contribution in [3.8, 4) is 0 Å². The Hall–Kier alpha value is -1.66. The molecule has 0 radical (unpaired) electrons. The number of nitrogens with zero attached hydrogens (tertiary/aromatic N) is 2. The van der Waals surface area contributed by atoms with E-state index in [9.17, 15) is 4.79 Å². The van der Waals surface area contributed by atoms with Gasteiger partial charge in [0.25, 0.3) is 5.91 Å². The zero-order valence-electron chi connectivity index (χ0n) is 14.6. The standard InChI is InChI=1S/C19H25BrN4O/c1-2-17(14-7-9-15(20)10-8-14)21-13-19(25)23-18-11-12-22-24(18)16-5-3-4-6-16/h7-12,16-17,21H,2-6,13H2,1H3,(H,23,25)/p+1/t17-/m0/s1. The van der Waals surface area contributed by atoms with Gasteiger partial charge in [-0.2, -0.15) is 5.10 Å². The molecule has 1 fully saturated rings. The second-order valence-corrected chi connectivity index (χ2v) is 7.57. The molecule has 1 amide bonds. The van der Waals surface area contributed by atoms with Gasteiger partial charge in [-0.15, -0.1) is 0 Å². The van der Waals surface area contributed by atoms with Crippen molar-refractivity contribution < 1.29 is 10.1 Å². The summed E-state index contributed by atoms with van der Waals surface area (Å²) in [6.45, 7) is 2.56. The number of hydrogen-bond acceptors (Lipinski definition) is 2. The second kappa shape index (κ2) is 8.63. The van der Waals surface area contributed by atoms with Gasteiger partial charge in [0.05, 0.1) is 12.2 Å². The van der Waals surface area contributed by atoms with Gasteiger partial charge >= 0.3 is 0 Å². The first-order chi connectivity index (χ1) is 12.2. The Morgan fingerprint density at radius 2 is 2.04 bits per heavy atom. The first-order valence-electron chi connectivity index (χ1n) is 9.09. The largest absolute Gasteiger partial charge is 0.332 e. The highest BCUT2D eigenvalue weighted by Crippen LogP contribution is 2.31. The maximum atomic E-state index is 12.4. The van der Waals surface area contributed by atoms with Crippen LogP contribution in [0.15, 0.2) is 41.0 Å². The minimum Gasteiger partial charge on any atom is -0.332 e. The topological polar surface area (TPSA) is 63.5 Å². The quantitative estimate of drug-likeness (QED) is 0.740. The summed E-state index contributed by atoms with van der Waals surface area (Å²) in [5.74, 6) is 0.845. The molecule has 0 spiro atoms. The molecule has 1 aliphatic carbocycles. The minimum atomic E-state index is 0.0234. The summed E-state index contributed by atoms with van der Waals surface area (Å²) in [7, 11) is 0. The predicted octanol–water partition coefficient (Wildman–Crippen LogP) is 3.41. The highest BCUT2D eigenvalue weighted by molar-refractivity contribution is 9.10. The Bertz CT molecular complexity index is 692. The highest BCUT2D eigenvalue weighted by atomic mass is 79.9. The van der Waals surface area contributed by atoms with Gasteiger partial charge in [-0.05, 0) is 25.0 Å². The summed E-state index contributed by atoms with van der Waals surface area (Å²) in [5, 5.41) is 9.54. The molecule has 6 heteroatoms. The fraction of sp³-hybridized carbons (Fsp3) is 0.474. The Kier molecular flexibility index (Phi) is 6.26. The molecule has 3 rings (SSSR count). The molecule has 1 heterocycles. The van der Waals surface area contributed by atoms with E-state index in [0.29, 0.717) is 18.6 Å². The third kappa shape index (κ3) is 4.70. The Morgan fingerprint density at radius 3 is 2.72 bits per heavy atom. The van der Waals surface area contributed by atoms with E-state index in [1.807, 2.05) is 22.9 Å². The number of rotatable bonds is 7. The lowest BCUT2D eigenvalue weighted by molar-refractivity contribution is -0.686. The zero-order chi connectivity index (χ0) is 17.6. The maximum absolute atomic E-state index is 12.4. The van der Waals surface area contributed by atoms with Crippen LogP contribution in [0.3, 0.4) is 0 Å². The molecule has 0 aliphatic heterocycles. The third-order valence-electron chi connectivity index (χ3n) is 4.93. The molecule has 1 aromatic heterocycles. The van der Waals surface area contributed by atoms with Crippen LogP contribution in [0, 0.1) is 0 Å². The number of anilines is 1. The van der Waals surface area contributed by atoms with Gasteiger partial charge < -0.3 is 10.6 Å². The molecule has 5 nitrogen and oxygen atoms in total. The molecule has 1 saturated carbocycles. The van der Waals surface area contributed by atoms with Gasteiger partial charge in [0.15, 0.2) is 6.54 Å². The first kappa shape index (κ1) is 18.1. The van der Waals surface area contributed by atoms with E-state index in [1.165, 1.54) is 18.4 Å². The lowest BCUT2D eigenvalue weighted by atomic mass is 10.0. The van der Waals surface area contributed by atoms with Crippen molar-refractivity contribution in [2.45, 2.75) is 51.1 Å². The maximum Gasteiger partial charge on any atom is 0.280 e. The van der Waals surface area contributed by atoms with Crippen LogP contribution in [-0.2, 0) is 4.79 Å². The van der Waals surface area contributed by atoms with Gasteiger partial charge in [-0.25, -0.2) is 4.68 Å². The van der Waals surface area contributed by atoms with Gasteiger partial charge in [-0.1, -0.05) is 47.8 Å². The van der Waals surface area contributed by atoms with Crippen molar-refractivity contribution in [2.24, 2.45) is 0 Å². The van der Waals surface area contributed by atoms with E-state index < -0.39 is 0 Å². The number of carbonyl (C=O) groups is 1. The fourth-order valence-electron chi connectivity index (χ4n) is 3.54. The molecular weight excluding hydrogens is 380 g/mol. The molecule has 0 bridgehead atoms. The first-order valence-corrected chi connectivity index (χ1v) is 9.89. The molecule has 1 atom stereocenters. The van der Waals surface area contributed by atoms with Crippen LogP contribution in [0.2, 0.25) is 0 Å². The number of nitrogens with two attached hydrogens (primary N) is 1. The molecule has 1 aromatic carbocycles. The van der Waals surface area contributed by atoms with E-state index in [4.69, 9.17) is 0 Å². The molecule has 2 aromatic rings. The number of hydrogen-bond donors (Lipinski definition) is 2. The smallest absolute Gasteiger partial charge is 0.280 e. The minimum absolute atomic E-state index is 0.0234. The molecule has 3 N–H and O–H groups in total. The number of nitrogens with one attached hydrogen (secondary N) is 1. The van der Waals surface area contributed by atoms with Crippen LogP contribution in [0.4, 0.5) is 5.82 Å². The zero-order valence-corrected chi connectivity index (χ0v) is 16.2. The van der Waals surface area contributed by atoms with E-state index in [2.05, 4.69) is 50.7 Å². The van der Waals surface area contributed by atoms with Crippen LogP contribution in [-0.4, -0.2) is 22.2 Å². The van der Waals surface area contributed by atoms with Crippen molar-refractivity contribution in [2.75, 3.05) is 11.9 Å². The number of quaternary nitrogens is 1. The monoisotopic (exact) mass is 405 g/mol. The average molecular weight is 406 g/mol. The highest BCUT2D eigenvalue weighted by Gasteiger charge is 2.21. The Balaban J connectivity index is 1.55. The van der Waals surface area contributed by atoms with E-state index in [-0.39, 0.29) is 5.91 Å². The lowest BCUT2D eigenvalue weighted by Gasteiger charge is -2.16. The van der Waals surface area contributed by atoms with Crippen LogP contribution in [0.5, 0.6) is 0 Å². The van der Waals surface area contributed by atoms with Gasteiger partial charge in [0.1, 0.15) is 11.9 Å². The fourth-order valence-corrected chi connectivity index (χ4v) is 3.81. The van der Waals surface area contributed by atoms with Crippen LogP contribution < -0.4 is 10.6 Å². The third-order valence-corrected chi connectivity index (χ3v) is 5.46. The summed E-state index contributed by atoms with van der Waals surface area (Å²) in [4.78, 5) is 12.4. The van der Waals surface area contributed by atoms with Crippen molar-refractivity contribution in [1.82, 2.24) is 9.78 Å².